The number of primary amides is 1. The van der Waals surface area contributed by atoms with Crippen molar-refractivity contribution in [2.75, 3.05) is 13.6 Å². The fourth-order valence-corrected chi connectivity index (χ4v) is 1.64. The van der Waals surface area contributed by atoms with Gasteiger partial charge in [-0.15, -0.1) is 0 Å². The van der Waals surface area contributed by atoms with E-state index in [2.05, 4.69) is 10.6 Å². The second kappa shape index (κ2) is 6.85. The summed E-state index contributed by atoms with van der Waals surface area (Å²) in [5.41, 5.74) is 6.24. The lowest BCUT2D eigenvalue weighted by Crippen LogP contribution is -2.43. The van der Waals surface area contributed by atoms with Gasteiger partial charge in [-0.05, 0) is 25.5 Å². The first-order valence-electron chi connectivity index (χ1n) is 5.71. The van der Waals surface area contributed by atoms with Crippen LogP contribution in [0.4, 0.5) is 0 Å². The molecule has 0 saturated carbocycles. The highest BCUT2D eigenvalue weighted by Gasteiger charge is 2.16. The first-order chi connectivity index (χ1) is 8.13. The van der Waals surface area contributed by atoms with Crippen LogP contribution in [0.15, 0.2) is 23.8 Å². The van der Waals surface area contributed by atoms with Crippen molar-refractivity contribution in [1.29, 1.82) is 0 Å². The monoisotopic (exact) mass is 237 g/mol. The van der Waals surface area contributed by atoms with Crippen molar-refractivity contribution in [3.8, 4) is 0 Å². The zero-order valence-corrected chi connectivity index (χ0v) is 10.0. The van der Waals surface area contributed by atoms with Gasteiger partial charge in [-0.25, -0.2) is 0 Å². The second-order valence-electron chi connectivity index (χ2n) is 4.02. The molecule has 0 aromatic carbocycles. The van der Waals surface area contributed by atoms with E-state index in [0.717, 1.165) is 6.42 Å². The zero-order chi connectivity index (χ0) is 12.7. The Bertz CT molecular complexity index is 348. The Balaban J connectivity index is 2.30. The molecule has 4 N–H and O–H groups in total. The number of nitrogens with two attached hydrogens (primary N) is 1. The molecule has 17 heavy (non-hydrogen) atoms. The molecule has 1 atom stereocenters. The number of rotatable bonds is 7. The molecule has 0 bridgehead atoms. The van der Waals surface area contributed by atoms with Gasteiger partial charge in [-0.3, -0.25) is 9.59 Å². The summed E-state index contributed by atoms with van der Waals surface area (Å²) in [7, 11) is 1.70. The molecule has 0 fully saturated rings. The molecule has 0 aromatic rings. The van der Waals surface area contributed by atoms with Crippen LogP contribution in [0, 0.1) is 0 Å². The van der Waals surface area contributed by atoms with Gasteiger partial charge < -0.3 is 16.4 Å². The summed E-state index contributed by atoms with van der Waals surface area (Å²) >= 11 is 0. The van der Waals surface area contributed by atoms with Crippen molar-refractivity contribution in [2.24, 2.45) is 5.73 Å². The molecule has 2 amide bonds. The predicted molar refractivity (Wildman–Crippen MR) is 66.1 cm³/mol. The van der Waals surface area contributed by atoms with Gasteiger partial charge in [0.25, 0.3) is 0 Å². The molecule has 0 heterocycles. The Hall–Kier alpha value is -1.62. The Kier molecular flexibility index (Phi) is 5.42. The van der Waals surface area contributed by atoms with Crippen LogP contribution >= 0.6 is 0 Å². The zero-order valence-electron chi connectivity index (χ0n) is 10.0. The molecule has 0 spiro atoms. The highest BCUT2D eigenvalue weighted by atomic mass is 16.2. The summed E-state index contributed by atoms with van der Waals surface area (Å²) in [5, 5.41) is 5.72. The van der Waals surface area contributed by atoms with E-state index in [1.165, 1.54) is 5.57 Å². The largest absolute Gasteiger partial charge is 0.370 e. The van der Waals surface area contributed by atoms with Crippen LogP contribution in [0.5, 0.6) is 0 Å². The van der Waals surface area contributed by atoms with E-state index in [1.807, 2.05) is 18.2 Å². The minimum atomic E-state index is -0.388. The topological polar surface area (TPSA) is 84.2 Å². The first-order valence-corrected chi connectivity index (χ1v) is 5.71. The molecule has 0 aromatic heterocycles. The lowest BCUT2D eigenvalue weighted by atomic mass is 10.1. The van der Waals surface area contributed by atoms with Crippen LogP contribution in [0.25, 0.3) is 0 Å². The summed E-state index contributed by atoms with van der Waals surface area (Å²) in [5.74, 6) is -0.484. The molecular weight excluding hydrogens is 218 g/mol. The van der Waals surface area contributed by atoms with Crippen molar-refractivity contribution < 1.29 is 9.59 Å². The molecule has 0 radical (unpaired) electrons. The number of amides is 2. The fraction of sp³-hybridized carbons (Fsp3) is 0.500. The van der Waals surface area contributed by atoms with E-state index >= 15 is 0 Å². The molecule has 0 saturated heterocycles. The Morgan fingerprint density at radius 2 is 2.29 bits per heavy atom. The van der Waals surface area contributed by atoms with Crippen molar-refractivity contribution >= 4 is 11.8 Å². The first kappa shape index (κ1) is 13.4. The Morgan fingerprint density at radius 1 is 1.53 bits per heavy atom. The van der Waals surface area contributed by atoms with Gasteiger partial charge in [0.15, 0.2) is 0 Å². The Morgan fingerprint density at radius 3 is 2.82 bits per heavy atom. The van der Waals surface area contributed by atoms with Gasteiger partial charge in [0.1, 0.15) is 0 Å². The van der Waals surface area contributed by atoms with Gasteiger partial charge in [0, 0.05) is 13.0 Å². The molecular formula is C12H19N3O2. The molecule has 1 aliphatic carbocycles. The molecule has 1 rings (SSSR count). The maximum Gasteiger partial charge on any atom is 0.237 e. The van der Waals surface area contributed by atoms with E-state index in [1.54, 1.807) is 7.05 Å². The summed E-state index contributed by atoms with van der Waals surface area (Å²) in [4.78, 5) is 22.4. The maximum absolute atomic E-state index is 11.8. The quantitative estimate of drug-likeness (QED) is 0.575. The third-order valence-electron chi connectivity index (χ3n) is 2.68. The highest BCUT2D eigenvalue weighted by Crippen LogP contribution is 2.08. The van der Waals surface area contributed by atoms with E-state index in [0.29, 0.717) is 13.0 Å². The van der Waals surface area contributed by atoms with Crippen molar-refractivity contribution in [2.45, 2.75) is 25.3 Å². The molecule has 5 nitrogen and oxygen atoms in total. The predicted octanol–water partition coefficient (Wildman–Crippen LogP) is -0.158. The number of allylic oxidation sites excluding steroid dienone is 3. The lowest BCUT2D eigenvalue weighted by molar-refractivity contribution is -0.123. The van der Waals surface area contributed by atoms with Crippen LogP contribution in [0.2, 0.25) is 0 Å². The van der Waals surface area contributed by atoms with Crippen molar-refractivity contribution in [3.63, 3.8) is 0 Å². The van der Waals surface area contributed by atoms with E-state index in [4.69, 9.17) is 5.73 Å². The van der Waals surface area contributed by atoms with Crippen LogP contribution in [-0.4, -0.2) is 31.4 Å². The van der Waals surface area contributed by atoms with Crippen LogP contribution < -0.4 is 16.4 Å². The second-order valence-corrected chi connectivity index (χ2v) is 4.02. The van der Waals surface area contributed by atoms with Crippen LogP contribution in [0.1, 0.15) is 19.3 Å². The normalized spacial score (nSPS) is 15.5. The van der Waals surface area contributed by atoms with Crippen molar-refractivity contribution in [1.82, 2.24) is 10.6 Å². The summed E-state index contributed by atoms with van der Waals surface area (Å²) < 4.78 is 0. The summed E-state index contributed by atoms with van der Waals surface area (Å²) in [6.45, 7) is 0.556. The van der Waals surface area contributed by atoms with Crippen molar-refractivity contribution in [3.05, 3.63) is 23.8 Å². The van der Waals surface area contributed by atoms with Gasteiger partial charge >= 0.3 is 0 Å². The third kappa shape index (κ3) is 4.82. The van der Waals surface area contributed by atoms with Crippen LogP contribution in [0.3, 0.4) is 0 Å². The minimum absolute atomic E-state index is 0.0958. The van der Waals surface area contributed by atoms with E-state index < -0.39 is 0 Å². The Labute approximate surface area is 101 Å². The summed E-state index contributed by atoms with van der Waals surface area (Å²) in [6.07, 6.45) is 7.55. The average molecular weight is 237 g/mol. The van der Waals surface area contributed by atoms with Gasteiger partial charge in [-0.2, -0.15) is 0 Å². The third-order valence-corrected chi connectivity index (χ3v) is 2.68. The van der Waals surface area contributed by atoms with Gasteiger partial charge in [-0.1, -0.05) is 18.2 Å². The maximum atomic E-state index is 11.8. The van der Waals surface area contributed by atoms with Gasteiger partial charge in [0.2, 0.25) is 11.8 Å². The number of hydrogen-bond acceptors (Lipinski definition) is 3. The molecule has 94 valence electrons. The number of likely N-dealkylation sites (N-methyl/N-ethyl adjacent to an activating group) is 1. The molecule has 5 heteroatoms. The highest BCUT2D eigenvalue weighted by molar-refractivity contribution is 5.83. The van der Waals surface area contributed by atoms with E-state index in [9.17, 15) is 9.59 Å². The van der Waals surface area contributed by atoms with E-state index in [-0.39, 0.29) is 24.3 Å². The SMILES string of the molecule is CN[C@@H](CCC(N)=O)C(=O)NCC1=CC=CC1. The fourth-order valence-electron chi connectivity index (χ4n) is 1.64. The number of carbonyl (C=O) groups excluding carboxylic acids is 2. The number of carbonyl (C=O) groups is 2. The summed E-state index contributed by atoms with van der Waals surface area (Å²) in [6, 6.07) is -0.363. The smallest absolute Gasteiger partial charge is 0.237 e. The number of nitrogens with one attached hydrogen (secondary N) is 2. The molecule has 0 aliphatic heterocycles. The lowest BCUT2D eigenvalue weighted by Gasteiger charge is -2.15. The average Bonchev–Trinajstić information content (AvgIpc) is 2.79. The molecule has 1 aliphatic rings. The molecule has 0 unspecified atom stereocenters. The van der Waals surface area contributed by atoms with Gasteiger partial charge in [0.05, 0.1) is 6.04 Å². The minimum Gasteiger partial charge on any atom is -0.370 e. The standard InChI is InChI=1S/C12H19N3O2/c1-14-10(6-7-11(13)16)12(17)15-8-9-4-2-3-5-9/h2-4,10,14H,5-8H2,1H3,(H2,13,16)(H,15,17)/t10-/m0/s1. The van der Waals surface area contributed by atoms with Crippen LogP contribution in [-0.2, 0) is 9.59 Å². The number of hydrogen-bond donors (Lipinski definition) is 3.